The molecule has 0 aliphatic heterocycles. The molecule has 0 aromatic carbocycles. The monoisotopic (exact) mass is 275 g/mol. The zero-order valence-electron chi connectivity index (χ0n) is 10.6. The zero-order valence-corrected chi connectivity index (χ0v) is 11.4. The normalized spacial score (nSPS) is 11.1. The van der Waals surface area contributed by atoms with E-state index in [-0.39, 0.29) is 5.95 Å². The second-order valence-electron chi connectivity index (χ2n) is 4.12. The second kappa shape index (κ2) is 4.47. The third kappa shape index (κ3) is 2.22. The van der Waals surface area contributed by atoms with Crippen LogP contribution in [-0.4, -0.2) is 24.9 Å². The number of H-pyrrole nitrogens is 1. The molecule has 0 radical (unpaired) electrons. The number of fused-ring (bicyclic) bond motifs is 1. The first-order valence-electron chi connectivity index (χ1n) is 5.77. The van der Waals surface area contributed by atoms with E-state index >= 15 is 0 Å². The highest BCUT2D eigenvalue weighted by Gasteiger charge is 2.10. The number of nitrogens with zero attached hydrogens (tertiary/aromatic N) is 4. The quantitative estimate of drug-likeness (QED) is 0.670. The van der Waals surface area contributed by atoms with E-state index in [1.54, 1.807) is 17.7 Å². The van der Waals surface area contributed by atoms with Crippen LogP contribution in [0, 0.1) is 13.8 Å². The van der Waals surface area contributed by atoms with Crippen LogP contribution in [-0.2, 0) is 6.54 Å². The van der Waals surface area contributed by atoms with E-state index in [1.165, 1.54) is 4.88 Å². The van der Waals surface area contributed by atoms with E-state index in [2.05, 4.69) is 37.2 Å². The summed E-state index contributed by atoms with van der Waals surface area (Å²) < 4.78 is 0. The molecule has 0 amide bonds. The lowest BCUT2D eigenvalue weighted by atomic mass is 10.3. The lowest BCUT2D eigenvalue weighted by Gasteiger charge is -2.05. The predicted octanol–water partition coefficient (Wildman–Crippen LogP) is 1.62. The summed E-state index contributed by atoms with van der Waals surface area (Å²) in [5.74, 6) is 0.846. The van der Waals surface area contributed by atoms with Crippen LogP contribution in [0.2, 0.25) is 0 Å². The summed E-state index contributed by atoms with van der Waals surface area (Å²) >= 11 is 1.68. The molecule has 3 rings (SSSR count). The predicted molar refractivity (Wildman–Crippen MR) is 75.0 cm³/mol. The fourth-order valence-electron chi connectivity index (χ4n) is 1.88. The molecule has 0 saturated heterocycles. The highest BCUT2D eigenvalue weighted by Crippen LogP contribution is 2.20. The molecule has 3 aromatic heterocycles. The standard InChI is InChI=1S/C11H13N7S/c1-5-7(16-6(2)19-5)3-13-9-8-10(15-4-14-8)18-11(12)17-9/h4H,3H2,1-2H3,(H4,12,13,14,15,17,18). The van der Waals surface area contributed by atoms with Gasteiger partial charge in [0.2, 0.25) is 5.95 Å². The summed E-state index contributed by atoms with van der Waals surface area (Å²) in [6, 6.07) is 0. The Bertz CT molecular complexity index is 730. The van der Waals surface area contributed by atoms with Crippen molar-refractivity contribution < 1.29 is 0 Å². The minimum Gasteiger partial charge on any atom is -0.368 e. The van der Waals surface area contributed by atoms with Crippen LogP contribution < -0.4 is 11.1 Å². The number of nitrogen functional groups attached to an aromatic ring is 1. The summed E-state index contributed by atoms with van der Waals surface area (Å²) in [6.45, 7) is 4.65. The lowest BCUT2D eigenvalue weighted by Crippen LogP contribution is -2.06. The summed E-state index contributed by atoms with van der Waals surface area (Å²) in [7, 11) is 0. The highest BCUT2D eigenvalue weighted by atomic mass is 32.1. The van der Waals surface area contributed by atoms with Crippen molar-refractivity contribution in [3.8, 4) is 0 Å². The molecule has 19 heavy (non-hydrogen) atoms. The van der Waals surface area contributed by atoms with E-state index in [0.717, 1.165) is 16.2 Å². The molecule has 0 fully saturated rings. The number of thiazole rings is 1. The lowest BCUT2D eigenvalue weighted by molar-refractivity contribution is 1.02. The van der Waals surface area contributed by atoms with E-state index < -0.39 is 0 Å². The van der Waals surface area contributed by atoms with Crippen LogP contribution in [0.4, 0.5) is 11.8 Å². The van der Waals surface area contributed by atoms with Crippen LogP contribution >= 0.6 is 11.3 Å². The Hall–Kier alpha value is -2.22. The van der Waals surface area contributed by atoms with Gasteiger partial charge in [0.15, 0.2) is 11.5 Å². The van der Waals surface area contributed by atoms with Gasteiger partial charge in [0.05, 0.1) is 23.6 Å². The molecule has 0 aliphatic rings. The molecular formula is C11H13N7S. The molecule has 0 atom stereocenters. The molecule has 0 spiro atoms. The fourth-order valence-corrected chi connectivity index (χ4v) is 2.72. The number of aromatic amines is 1. The molecule has 0 aliphatic carbocycles. The van der Waals surface area contributed by atoms with Crippen molar-refractivity contribution in [2.24, 2.45) is 0 Å². The van der Waals surface area contributed by atoms with Gasteiger partial charge in [-0.15, -0.1) is 11.3 Å². The van der Waals surface area contributed by atoms with Crippen molar-refractivity contribution >= 4 is 34.3 Å². The molecule has 8 heteroatoms. The first-order valence-corrected chi connectivity index (χ1v) is 6.58. The third-order valence-electron chi connectivity index (χ3n) is 2.73. The third-order valence-corrected chi connectivity index (χ3v) is 3.65. The van der Waals surface area contributed by atoms with Crippen molar-refractivity contribution in [3.05, 3.63) is 21.9 Å². The van der Waals surface area contributed by atoms with Crippen molar-refractivity contribution in [3.63, 3.8) is 0 Å². The Morgan fingerprint density at radius 1 is 1.32 bits per heavy atom. The number of nitrogens with one attached hydrogen (secondary N) is 2. The van der Waals surface area contributed by atoms with Crippen LogP contribution in [0.3, 0.4) is 0 Å². The smallest absolute Gasteiger partial charge is 0.224 e. The maximum atomic E-state index is 5.66. The molecule has 0 saturated carbocycles. The Balaban J connectivity index is 1.89. The Morgan fingerprint density at radius 3 is 2.89 bits per heavy atom. The SMILES string of the molecule is Cc1nc(CNc2nc(N)nc3nc[nH]c23)c(C)s1. The van der Waals surface area contributed by atoms with E-state index in [0.29, 0.717) is 18.0 Å². The van der Waals surface area contributed by atoms with Crippen LogP contribution in [0.25, 0.3) is 11.2 Å². The summed E-state index contributed by atoms with van der Waals surface area (Å²) in [6.07, 6.45) is 1.57. The maximum absolute atomic E-state index is 5.66. The van der Waals surface area contributed by atoms with Gasteiger partial charge >= 0.3 is 0 Å². The first kappa shape index (κ1) is 11.8. The molecular weight excluding hydrogens is 262 g/mol. The molecule has 0 bridgehead atoms. The largest absolute Gasteiger partial charge is 0.368 e. The number of hydrogen-bond acceptors (Lipinski definition) is 7. The van der Waals surface area contributed by atoms with Crippen LogP contribution in [0.1, 0.15) is 15.6 Å². The van der Waals surface area contributed by atoms with E-state index in [4.69, 9.17) is 5.73 Å². The van der Waals surface area contributed by atoms with Gasteiger partial charge < -0.3 is 16.0 Å². The molecule has 0 unspecified atom stereocenters. The van der Waals surface area contributed by atoms with Crippen molar-refractivity contribution in [1.82, 2.24) is 24.9 Å². The fraction of sp³-hybridized carbons (Fsp3) is 0.273. The van der Waals surface area contributed by atoms with E-state index in [1.807, 2.05) is 6.92 Å². The number of aromatic nitrogens is 5. The molecule has 98 valence electrons. The molecule has 4 N–H and O–H groups in total. The van der Waals surface area contributed by atoms with Gasteiger partial charge in [-0.2, -0.15) is 9.97 Å². The number of rotatable bonds is 3. The average molecular weight is 275 g/mol. The Kier molecular flexibility index (Phi) is 2.79. The van der Waals surface area contributed by atoms with Crippen molar-refractivity contribution in [2.75, 3.05) is 11.1 Å². The maximum Gasteiger partial charge on any atom is 0.224 e. The van der Waals surface area contributed by atoms with Gasteiger partial charge in [0.25, 0.3) is 0 Å². The average Bonchev–Trinajstić information content (AvgIpc) is 2.92. The zero-order chi connectivity index (χ0) is 13.4. The number of aryl methyl sites for hydroxylation is 2. The van der Waals surface area contributed by atoms with Crippen LogP contribution in [0.15, 0.2) is 6.33 Å². The highest BCUT2D eigenvalue weighted by molar-refractivity contribution is 7.11. The van der Waals surface area contributed by atoms with Gasteiger partial charge in [-0.05, 0) is 13.8 Å². The molecule has 3 aromatic rings. The number of imidazole rings is 1. The van der Waals surface area contributed by atoms with Gasteiger partial charge in [-0.3, -0.25) is 0 Å². The molecule has 3 heterocycles. The molecule has 7 nitrogen and oxygen atoms in total. The Morgan fingerprint density at radius 2 is 2.16 bits per heavy atom. The van der Waals surface area contributed by atoms with Gasteiger partial charge in [-0.25, -0.2) is 9.97 Å². The summed E-state index contributed by atoms with van der Waals surface area (Å²) in [5, 5.41) is 4.29. The minimum atomic E-state index is 0.202. The van der Waals surface area contributed by atoms with Gasteiger partial charge in [0.1, 0.15) is 5.52 Å². The topological polar surface area (TPSA) is 105 Å². The van der Waals surface area contributed by atoms with E-state index in [9.17, 15) is 0 Å². The number of nitrogens with two attached hydrogens (primary N) is 1. The van der Waals surface area contributed by atoms with Crippen LogP contribution in [0.5, 0.6) is 0 Å². The number of anilines is 2. The van der Waals surface area contributed by atoms with Gasteiger partial charge in [0, 0.05) is 4.88 Å². The minimum absolute atomic E-state index is 0.202. The Labute approximate surface area is 113 Å². The summed E-state index contributed by atoms with van der Waals surface area (Å²) in [4.78, 5) is 21.0. The second-order valence-corrected chi connectivity index (χ2v) is 5.53. The van der Waals surface area contributed by atoms with Crippen molar-refractivity contribution in [2.45, 2.75) is 20.4 Å². The first-order chi connectivity index (χ1) is 9.13. The van der Waals surface area contributed by atoms with Crippen molar-refractivity contribution in [1.29, 1.82) is 0 Å². The number of hydrogen-bond donors (Lipinski definition) is 3. The summed E-state index contributed by atoms with van der Waals surface area (Å²) in [5.41, 5.74) is 7.98. The van der Waals surface area contributed by atoms with Gasteiger partial charge in [-0.1, -0.05) is 0 Å².